The Morgan fingerprint density at radius 3 is 2.57 bits per heavy atom. The molecule has 3 aromatic rings. The van der Waals surface area contributed by atoms with Gasteiger partial charge in [0, 0.05) is 5.56 Å². The van der Waals surface area contributed by atoms with E-state index in [0.717, 1.165) is 10.8 Å². The van der Waals surface area contributed by atoms with Gasteiger partial charge >= 0.3 is 11.9 Å². The highest BCUT2D eigenvalue weighted by molar-refractivity contribution is 5.95. The highest BCUT2D eigenvalue weighted by Crippen LogP contribution is 2.18. The molecule has 116 valence electrons. The molecule has 23 heavy (non-hydrogen) atoms. The Morgan fingerprint density at radius 2 is 1.78 bits per heavy atom. The van der Waals surface area contributed by atoms with Crippen molar-refractivity contribution in [3.05, 3.63) is 71.7 Å². The molecular weight excluding hydrogens is 296 g/mol. The minimum absolute atomic E-state index is 0.0406. The number of esters is 2. The first-order valence-corrected chi connectivity index (χ1v) is 6.99. The zero-order chi connectivity index (χ0) is 16.2. The number of carbonyl (C=O) groups excluding carboxylic acids is 2. The molecule has 2 aromatic carbocycles. The van der Waals surface area contributed by atoms with Gasteiger partial charge < -0.3 is 13.9 Å². The maximum atomic E-state index is 12.2. The van der Waals surface area contributed by atoms with Crippen molar-refractivity contribution >= 4 is 22.7 Å². The van der Waals surface area contributed by atoms with Gasteiger partial charge in [0.2, 0.25) is 5.76 Å². The van der Waals surface area contributed by atoms with Gasteiger partial charge in [0.05, 0.1) is 18.9 Å². The SMILES string of the molecule is COC(=O)c1occc1COC(=O)c1ccc2ccccc2c1. The topological polar surface area (TPSA) is 65.7 Å². The van der Waals surface area contributed by atoms with Crippen LogP contribution in [-0.4, -0.2) is 19.0 Å². The van der Waals surface area contributed by atoms with Gasteiger partial charge in [0.15, 0.2) is 0 Å². The van der Waals surface area contributed by atoms with Crippen LogP contribution in [0.1, 0.15) is 26.5 Å². The number of methoxy groups -OCH3 is 1. The maximum Gasteiger partial charge on any atom is 0.374 e. The number of ether oxygens (including phenoxy) is 2. The lowest BCUT2D eigenvalue weighted by molar-refractivity contribution is 0.0454. The lowest BCUT2D eigenvalue weighted by Crippen LogP contribution is -2.08. The Labute approximate surface area is 132 Å². The Hall–Kier alpha value is -3.08. The van der Waals surface area contributed by atoms with Crippen LogP contribution in [0.25, 0.3) is 10.8 Å². The fraction of sp³-hybridized carbons (Fsp3) is 0.111. The largest absolute Gasteiger partial charge is 0.463 e. The summed E-state index contributed by atoms with van der Waals surface area (Å²) in [5.41, 5.74) is 0.915. The van der Waals surface area contributed by atoms with E-state index in [4.69, 9.17) is 9.15 Å². The molecule has 0 bridgehead atoms. The number of benzene rings is 2. The molecule has 0 amide bonds. The molecule has 1 aromatic heterocycles. The van der Waals surface area contributed by atoms with Crippen LogP contribution in [0.4, 0.5) is 0 Å². The summed E-state index contributed by atoms with van der Waals surface area (Å²) in [6.07, 6.45) is 1.35. The Morgan fingerprint density at radius 1 is 1.00 bits per heavy atom. The summed E-state index contributed by atoms with van der Waals surface area (Å²) in [7, 11) is 1.26. The van der Waals surface area contributed by atoms with Crippen molar-refractivity contribution in [1.29, 1.82) is 0 Å². The Kier molecular flexibility index (Phi) is 4.10. The molecule has 0 saturated heterocycles. The maximum absolute atomic E-state index is 12.2. The third-order valence-corrected chi connectivity index (χ3v) is 3.46. The van der Waals surface area contributed by atoms with E-state index in [1.165, 1.54) is 13.4 Å². The molecule has 0 spiro atoms. The molecule has 1 heterocycles. The highest BCUT2D eigenvalue weighted by Gasteiger charge is 2.17. The molecule has 0 radical (unpaired) electrons. The first kappa shape index (κ1) is 14.8. The van der Waals surface area contributed by atoms with E-state index in [-0.39, 0.29) is 12.4 Å². The van der Waals surface area contributed by atoms with Crippen LogP contribution in [0, 0.1) is 0 Å². The second-order valence-corrected chi connectivity index (χ2v) is 4.90. The zero-order valence-electron chi connectivity index (χ0n) is 12.4. The van der Waals surface area contributed by atoms with Gasteiger partial charge in [-0.1, -0.05) is 30.3 Å². The van der Waals surface area contributed by atoms with E-state index in [0.29, 0.717) is 11.1 Å². The molecule has 5 heteroatoms. The van der Waals surface area contributed by atoms with E-state index in [1.807, 2.05) is 30.3 Å². The lowest BCUT2D eigenvalue weighted by atomic mass is 10.1. The number of hydrogen-bond acceptors (Lipinski definition) is 5. The molecular formula is C18H14O5. The molecule has 5 nitrogen and oxygen atoms in total. The van der Waals surface area contributed by atoms with Gasteiger partial charge in [0.25, 0.3) is 0 Å². The molecule has 3 rings (SSSR count). The molecule has 0 saturated carbocycles. The van der Waals surface area contributed by atoms with Gasteiger partial charge in [-0.2, -0.15) is 0 Å². The van der Waals surface area contributed by atoms with Crippen LogP contribution in [0.15, 0.2) is 59.2 Å². The van der Waals surface area contributed by atoms with E-state index in [1.54, 1.807) is 18.2 Å². The van der Waals surface area contributed by atoms with Crippen molar-refractivity contribution in [1.82, 2.24) is 0 Å². The minimum atomic E-state index is -0.605. The van der Waals surface area contributed by atoms with Crippen molar-refractivity contribution < 1.29 is 23.5 Å². The van der Waals surface area contributed by atoms with Crippen LogP contribution in [0.3, 0.4) is 0 Å². The quantitative estimate of drug-likeness (QED) is 0.689. The molecule has 0 aliphatic carbocycles. The van der Waals surface area contributed by atoms with Gasteiger partial charge in [-0.15, -0.1) is 0 Å². The van der Waals surface area contributed by atoms with Crippen LogP contribution in [-0.2, 0) is 16.1 Å². The van der Waals surface area contributed by atoms with Gasteiger partial charge in [0.1, 0.15) is 6.61 Å². The third-order valence-electron chi connectivity index (χ3n) is 3.46. The lowest BCUT2D eigenvalue weighted by Gasteiger charge is -2.06. The van der Waals surface area contributed by atoms with E-state index < -0.39 is 11.9 Å². The molecule has 0 unspecified atom stereocenters. The predicted octanol–water partition coefficient (Wildman–Crippen LogP) is 3.58. The molecule has 0 aliphatic rings. The van der Waals surface area contributed by atoms with Crippen molar-refractivity contribution in [3.63, 3.8) is 0 Å². The molecule has 0 aliphatic heterocycles. The second-order valence-electron chi connectivity index (χ2n) is 4.90. The van der Waals surface area contributed by atoms with Crippen molar-refractivity contribution in [3.8, 4) is 0 Å². The van der Waals surface area contributed by atoms with E-state index in [2.05, 4.69) is 4.74 Å². The second kappa shape index (κ2) is 6.36. The average molecular weight is 310 g/mol. The van der Waals surface area contributed by atoms with Crippen LogP contribution >= 0.6 is 0 Å². The number of rotatable bonds is 4. The minimum Gasteiger partial charge on any atom is -0.463 e. The van der Waals surface area contributed by atoms with E-state index in [9.17, 15) is 9.59 Å². The molecule has 0 atom stereocenters. The van der Waals surface area contributed by atoms with Crippen molar-refractivity contribution in [2.24, 2.45) is 0 Å². The first-order valence-electron chi connectivity index (χ1n) is 6.99. The first-order chi connectivity index (χ1) is 11.2. The normalized spacial score (nSPS) is 10.5. The fourth-order valence-electron chi connectivity index (χ4n) is 2.26. The molecule has 0 N–H and O–H groups in total. The molecule has 0 fully saturated rings. The zero-order valence-corrected chi connectivity index (χ0v) is 12.4. The van der Waals surface area contributed by atoms with Crippen molar-refractivity contribution in [2.45, 2.75) is 6.61 Å². The smallest absolute Gasteiger partial charge is 0.374 e. The van der Waals surface area contributed by atoms with Gasteiger partial charge in [-0.3, -0.25) is 0 Å². The standard InChI is InChI=1S/C18H14O5/c1-21-18(20)16-15(8-9-22-16)11-23-17(19)14-7-6-12-4-2-3-5-13(12)10-14/h2-10H,11H2,1H3. The summed E-state index contributed by atoms with van der Waals surface area (Å²) < 4.78 is 14.9. The summed E-state index contributed by atoms with van der Waals surface area (Å²) >= 11 is 0. The summed E-state index contributed by atoms with van der Waals surface area (Å²) in [6.45, 7) is -0.0629. The average Bonchev–Trinajstić information content (AvgIpc) is 3.07. The number of furan rings is 1. The van der Waals surface area contributed by atoms with Crippen molar-refractivity contribution in [2.75, 3.05) is 7.11 Å². The summed E-state index contributed by atoms with van der Waals surface area (Å²) in [6, 6.07) is 14.7. The summed E-state index contributed by atoms with van der Waals surface area (Å²) in [4.78, 5) is 23.7. The van der Waals surface area contributed by atoms with Crippen LogP contribution in [0.2, 0.25) is 0 Å². The van der Waals surface area contributed by atoms with Crippen LogP contribution < -0.4 is 0 Å². The van der Waals surface area contributed by atoms with E-state index >= 15 is 0 Å². The Balaban J connectivity index is 1.74. The predicted molar refractivity (Wildman–Crippen MR) is 83.1 cm³/mol. The third kappa shape index (κ3) is 3.08. The van der Waals surface area contributed by atoms with Gasteiger partial charge in [-0.05, 0) is 29.0 Å². The fourth-order valence-corrected chi connectivity index (χ4v) is 2.26. The number of hydrogen-bond donors (Lipinski definition) is 0. The summed E-state index contributed by atoms with van der Waals surface area (Å²) in [5, 5.41) is 2.01. The summed E-state index contributed by atoms with van der Waals surface area (Å²) in [5.74, 6) is -1.03. The van der Waals surface area contributed by atoms with Crippen LogP contribution in [0.5, 0.6) is 0 Å². The van der Waals surface area contributed by atoms with Gasteiger partial charge in [-0.25, -0.2) is 9.59 Å². The monoisotopic (exact) mass is 310 g/mol. The Bertz CT molecular complexity index is 862. The number of carbonyl (C=O) groups is 2. The highest BCUT2D eigenvalue weighted by atomic mass is 16.5. The number of fused-ring (bicyclic) bond motifs is 1.